The van der Waals surface area contributed by atoms with Crippen LogP contribution in [0.25, 0.3) is 0 Å². The van der Waals surface area contributed by atoms with Gasteiger partial charge in [0.25, 0.3) is 0 Å². The lowest BCUT2D eigenvalue weighted by molar-refractivity contribution is -0.140. The number of nitrogens with one attached hydrogen (secondary N) is 1. The van der Waals surface area contributed by atoms with Crippen LogP contribution in [-0.2, 0) is 4.79 Å². The number of nitrogens with zero attached hydrogens (tertiary/aromatic N) is 3. The van der Waals surface area contributed by atoms with Gasteiger partial charge in [0.2, 0.25) is 5.91 Å². The maximum Gasteiger partial charge on any atom is 0.228 e. The highest BCUT2D eigenvalue weighted by Gasteiger charge is 2.36. The zero-order valence-corrected chi connectivity index (χ0v) is 22.1. The number of hydrogen-bond donors (Lipinski definition) is 1. The van der Waals surface area contributed by atoms with E-state index in [4.69, 9.17) is 11.6 Å². The van der Waals surface area contributed by atoms with Crippen LogP contribution >= 0.6 is 11.6 Å². The van der Waals surface area contributed by atoms with Crippen molar-refractivity contribution in [1.29, 1.82) is 0 Å². The first kappa shape index (κ1) is 25.9. The lowest BCUT2D eigenvalue weighted by Crippen LogP contribution is -2.53. The molecule has 0 bridgehead atoms. The number of amides is 1. The highest BCUT2D eigenvalue weighted by Crippen LogP contribution is 2.35. The third-order valence-corrected chi connectivity index (χ3v) is 7.49. The van der Waals surface area contributed by atoms with Crippen molar-refractivity contribution in [2.24, 2.45) is 5.41 Å². The number of hydrogen-bond acceptors (Lipinski definition) is 4. The molecule has 0 aromatic heterocycles. The first-order valence-electron chi connectivity index (χ1n) is 12.7. The molecule has 7 heteroatoms. The fourth-order valence-electron chi connectivity index (χ4n) is 5.19. The number of anilines is 1. The van der Waals surface area contributed by atoms with Crippen LogP contribution in [0.3, 0.4) is 0 Å². The average Bonchev–Trinajstić information content (AvgIpc) is 3.12. The number of benzene rings is 2. The van der Waals surface area contributed by atoms with Gasteiger partial charge in [-0.05, 0) is 55.8 Å². The molecule has 1 N–H and O–H groups in total. The predicted molar refractivity (Wildman–Crippen MR) is 141 cm³/mol. The Morgan fingerprint density at radius 3 is 2.49 bits per heavy atom. The molecule has 2 aliphatic rings. The topological polar surface area (TPSA) is 38.8 Å². The van der Waals surface area contributed by atoms with Crippen LogP contribution in [0.1, 0.15) is 57.3 Å². The summed E-state index contributed by atoms with van der Waals surface area (Å²) in [6.07, 6.45) is 1.16. The normalized spacial score (nSPS) is 21.0. The molecule has 35 heavy (non-hydrogen) atoms. The summed E-state index contributed by atoms with van der Waals surface area (Å²) in [5, 5.41) is 3.85. The highest BCUT2D eigenvalue weighted by atomic mass is 35.5. The first-order valence-corrected chi connectivity index (χ1v) is 13.1. The summed E-state index contributed by atoms with van der Waals surface area (Å²) in [6.45, 7) is 14.0. The third kappa shape index (κ3) is 5.99. The Kier molecular flexibility index (Phi) is 8.04. The van der Waals surface area contributed by atoms with Gasteiger partial charge in [-0.2, -0.15) is 0 Å². The van der Waals surface area contributed by atoms with Crippen LogP contribution in [0.4, 0.5) is 10.1 Å². The molecule has 0 saturated carbocycles. The van der Waals surface area contributed by atoms with E-state index in [1.807, 2.05) is 25.7 Å². The molecular formula is C28H38ClFN4O. The molecule has 2 heterocycles. The quantitative estimate of drug-likeness (QED) is 0.620. The summed E-state index contributed by atoms with van der Waals surface area (Å²) >= 11 is 6.03. The summed E-state index contributed by atoms with van der Waals surface area (Å²) in [5.41, 5.74) is 2.42. The molecule has 1 amide bonds. The van der Waals surface area contributed by atoms with Gasteiger partial charge in [-0.25, -0.2) is 4.39 Å². The molecular weight excluding hydrogens is 463 g/mol. The van der Waals surface area contributed by atoms with Crippen LogP contribution in [0.5, 0.6) is 0 Å². The second-order valence-electron chi connectivity index (χ2n) is 10.8. The van der Waals surface area contributed by atoms with Crippen LogP contribution in [0.2, 0.25) is 5.02 Å². The van der Waals surface area contributed by atoms with E-state index in [0.29, 0.717) is 36.4 Å². The smallest absolute Gasteiger partial charge is 0.228 e. The molecule has 0 aliphatic carbocycles. The molecule has 0 spiro atoms. The van der Waals surface area contributed by atoms with Crippen LogP contribution in [0.15, 0.2) is 42.5 Å². The van der Waals surface area contributed by atoms with Gasteiger partial charge in [0.15, 0.2) is 0 Å². The standard InChI is InChI=1S/C28H38ClFN4O/c1-20(32-14-5-12-31-13-15-32)21-6-8-22(9-7-21)26-19-33(27(35)28(2,3)4)16-17-34(26)25-11-10-23(29)18-24(25)30/h6-11,18,20,26,31H,5,12-17,19H2,1-4H3/t20-,26?/m1/s1. The summed E-state index contributed by atoms with van der Waals surface area (Å²) in [4.78, 5) is 19.6. The van der Waals surface area contributed by atoms with Crippen LogP contribution in [0, 0.1) is 11.2 Å². The van der Waals surface area contributed by atoms with Gasteiger partial charge in [0.1, 0.15) is 5.82 Å². The summed E-state index contributed by atoms with van der Waals surface area (Å²) < 4.78 is 15.0. The first-order chi connectivity index (χ1) is 16.6. The van der Waals surface area contributed by atoms with Crippen LogP contribution < -0.4 is 10.2 Å². The second-order valence-corrected chi connectivity index (χ2v) is 11.2. The van der Waals surface area contributed by atoms with Crippen LogP contribution in [-0.4, -0.2) is 61.5 Å². The third-order valence-electron chi connectivity index (χ3n) is 7.25. The van der Waals surface area contributed by atoms with Gasteiger partial charge < -0.3 is 15.1 Å². The zero-order valence-electron chi connectivity index (χ0n) is 21.4. The van der Waals surface area contributed by atoms with Crippen molar-refractivity contribution < 1.29 is 9.18 Å². The number of piperazine rings is 1. The van der Waals surface area contributed by atoms with Crippen molar-refractivity contribution in [2.75, 3.05) is 50.7 Å². The van der Waals surface area contributed by atoms with Crippen molar-refractivity contribution in [2.45, 2.75) is 46.2 Å². The SMILES string of the molecule is C[C@H](c1ccc(C2CN(C(=O)C(C)(C)C)CCN2c2ccc(Cl)cc2F)cc1)N1CCCNCC1. The minimum atomic E-state index is -0.459. The van der Waals surface area contributed by atoms with E-state index in [1.165, 1.54) is 11.6 Å². The van der Waals surface area contributed by atoms with E-state index in [2.05, 4.69) is 46.3 Å². The predicted octanol–water partition coefficient (Wildman–Crippen LogP) is 5.27. The fourth-order valence-corrected chi connectivity index (χ4v) is 5.35. The van der Waals surface area contributed by atoms with E-state index in [0.717, 1.165) is 38.2 Å². The number of rotatable bonds is 4. The van der Waals surface area contributed by atoms with E-state index in [-0.39, 0.29) is 17.8 Å². The van der Waals surface area contributed by atoms with Crippen molar-refractivity contribution in [3.8, 4) is 0 Å². The Hall–Kier alpha value is -2.15. The molecule has 2 aromatic carbocycles. The van der Waals surface area contributed by atoms with Gasteiger partial charge >= 0.3 is 0 Å². The van der Waals surface area contributed by atoms with E-state index in [9.17, 15) is 9.18 Å². The number of carbonyl (C=O) groups is 1. The second kappa shape index (κ2) is 10.9. The van der Waals surface area contributed by atoms with E-state index in [1.54, 1.807) is 12.1 Å². The summed E-state index contributed by atoms with van der Waals surface area (Å²) in [5.74, 6) is -0.211. The van der Waals surface area contributed by atoms with Crippen molar-refractivity contribution in [1.82, 2.24) is 15.1 Å². The number of carbonyl (C=O) groups excluding carboxylic acids is 1. The van der Waals surface area contributed by atoms with Gasteiger partial charge in [0.05, 0.1) is 11.7 Å². The van der Waals surface area contributed by atoms with Gasteiger partial charge in [-0.3, -0.25) is 9.69 Å². The Labute approximate surface area is 214 Å². The molecule has 1 unspecified atom stereocenters. The monoisotopic (exact) mass is 500 g/mol. The fraction of sp³-hybridized carbons (Fsp3) is 0.536. The molecule has 4 rings (SSSR count). The Morgan fingerprint density at radius 2 is 1.80 bits per heavy atom. The minimum absolute atomic E-state index is 0.124. The molecule has 2 saturated heterocycles. The highest BCUT2D eigenvalue weighted by molar-refractivity contribution is 6.30. The van der Waals surface area contributed by atoms with Gasteiger partial charge in [0, 0.05) is 49.2 Å². The molecule has 2 atom stereocenters. The molecule has 2 aliphatic heterocycles. The Morgan fingerprint density at radius 1 is 1.06 bits per heavy atom. The molecule has 2 fully saturated rings. The minimum Gasteiger partial charge on any atom is -0.359 e. The molecule has 2 aromatic rings. The molecule has 190 valence electrons. The van der Waals surface area contributed by atoms with Gasteiger partial charge in [-0.1, -0.05) is 56.6 Å². The zero-order chi connectivity index (χ0) is 25.2. The summed E-state index contributed by atoms with van der Waals surface area (Å²) in [7, 11) is 0. The maximum atomic E-state index is 15.0. The van der Waals surface area contributed by atoms with Crippen molar-refractivity contribution in [3.63, 3.8) is 0 Å². The summed E-state index contributed by atoms with van der Waals surface area (Å²) in [6, 6.07) is 13.7. The molecule has 5 nitrogen and oxygen atoms in total. The molecule has 0 radical (unpaired) electrons. The van der Waals surface area contributed by atoms with Gasteiger partial charge in [-0.15, -0.1) is 0 Å². The average molecular weight is 501 g/mol. The van der Waals surface area contributed by atoms with Crippen molar-refractivity contribution >= 4 is 23.2 Å². The lowest BCUT2D eigenvalue weighted by atomic mass is 9.92. The van der Waals surface area contributed by atoms with E-state index < -0.39 is 5.41 Å². The number of halogens is 2. The maximum absolute atomic E-state index is 15.0. The van der Waals surface area contributed by atoms with E-state index >= 15 is 0 Å². The Balaban J connectivity index is 1.61. The lowest BCUT2D eigenvalue weighted by Gasteiger charge is -2.44. The Bertz CT molecular complexity index is 1010. The largest absolute Gasteiger partial charge is 0.359 e. The van der Waals surface area contributed by atoms with Crippen molar-refractivity contribution in [3.05, 3.63) is 64.4 Å².